The predicted molar refractivity (Wildman–Crippen MR) is 106 cm³/mol. The number of aryl methyl sites for hydroxylation is 3. The summed E-state index contributed by atoms with van der Waals surface area (Å²) in [5, 5.41) is 8.53. The number of hydrogen-bond donors (Lipinski definition) is 1. The van der Waals surface area contributed by atoms with Crippen LogP contribution in [0.2, 0.25) is 5.02 Å². The van der Waals surface area contributed by atoms with Gasteiger partial charge in [0.2, 0.25) is 0 Å². The second-order valence-electron chi connectivity index (χ2n) is 6.28. The lowest BCUT2D eigenvalue weighted by molar-refractivity contribution is 0.666. The Labute approximate surface area is 155 Å². The smallest absolute Gasteiger partial charge is 0.0654 e. The topological polar surface area (TPSA) is 28.7 Å². The monoisotopic (exact) mass is 364 g/mol. The number of nitrogens with zero attached hydrogens (tertiary/aromatic N) is 1. The second-order valence-corrected chi connectivity index (χ2v) is 7.83. The molecule has 0 aliphatic rings. The molecule has 0 bridgehead atoms. The fourth-order valence-corrected chi connectivity index (χ4v) is 4.31. The maximum absolute atomic E-state index is 6.28. The average molecular weight is 365 g/mol. The van der Waals surface area contributed by atoms with E-state index in [1.807, 2.05) is 17.8 Å². The standard InChI is InChI=1S/C20H29ClN2S/c1-4-18-16(19(5-2)23-22-18)10-8-6-7-9-13-24-20-12-11-15(3)14-17(20)21/h11-12,14H,4-10,13H2,1-3H3,(H,22,23). The molecule has 0 aliphatic carbocycles. The van der Waals surface area contributed by atoms with Crippen LogP contribution in [0, 0.1) is 6.92 Å². The lowest BCUT2D eigenvalue weighted by Crippen LogP contribution is -1.95. The van der Waals surface area contributed by atoms with Gasteiger partial charge in [-0.3, -0.25) is 5.10 Å². The quantitative estimate of drug-likeness (QED) is 0.390. The van der Waals surface area contributed by atoms with E-state index in [4.69, 9.17) is 11.6 Å². The Bertz CT molecular complexity index is 615. The molecule has 0 amide bonds. The Balaban J connectivity index is 1.64. The van der Waals surface area contributed by atoms with E-state index < -0.39 is 0 Å². The van der Waals surface area contributed by atoms with Crippen LogP contribution in [-0.4, -0.2) is 16.0 Å². The van der Waals surface area contributed by atoms with Crippen molar-refractivity contribution >= 4 is 23.4 Å². The molecule has 2 aromatic rings. The number of aromatic amines is 1. The summed E-state index contributed by atoms with van der Waals surface area (Å²) in [5.41, 5.74) is 5.29. The first-order chi connectivity index (χ1) is 11.7. The largest absolute Gasteiger partial charge is 0.282 e. The van der Waals surface area contributed by atoms with Crippen LogP contribution < -0.4 is 0 Å². The van der Waals surface area contributed by atoms with E-state index in [1.165, 1.54) is 59.5 Å². The fourth-order valence-electron chi connectivity index (χ4n) is 2.99. The van der Waals surface area contributed by atoms with Gasteiger partial charge in [0.15, 0.2) is 0 Å². The molecule has 4 heteroatoms. The van der Waals surface area contributed by atoms with Crippen molar-refractivity contribution in [2.24, 2.45) is 0 Å². The van der Waals surface area contributed by atoms with Crippen molar-refractivity contribution < 1.29 is 0 Å². The van der Waals surface area contributed by atoms with Gasteiger partial charge in [-0.05, 0) is 68.0 Å². The number of halogens is 1. The molecule has 1 N–H and O–H groups in total. The summed E-state index contributed by atoms with van der Waals surface area (Å²) in [4.78, 5) is 1.21. The summed E-state index contributed by atoms with van der Waals surface area (Å²) >= 11 is 8.15. The zero-order valence-corrected chi connectivity index (χ0v) is 16.7. The predicted octanol–water partition coefficient (Wildman–Crippen LogP) is 6.39. The summed E-state index contributed by atoms with van der Waals surface area (Å²) < 4.78 is 0. The molecule has 0 radical (unpaired) electrons. The van der Waals surface area contributed by atoms with Crippen LogP contribution in [0.5, 0.6) is 0 Å². The van der Waals surface area contributed by atoms with Gasteiger partial charge in [0, 0.05) is 10.6 Å². The van der Waals surface area contributed by atoms with E-state index in [2.05, 4.69) is 43.1 Å². The van der Waals surface area contributed by atoms with Crippen molar-refractivity contribution in [3.8, 4) is 0 Å². The third-order valence-electron chi connectivity index (χ3n) is 4.39. The van der Waals surface area contributed by atoms with E-state index in [1.54, 1.807) is 0 Å². The second kappa shape index (κ2) is 10.1. The minimum atomic E-state index is 0.888. The number of hydrogen-bond acceptors (Lipinski definition) is 2. The first-order valence-corrected chi connectivity index (χ1v) is 10.5. The van der Waals surface area contributed by atoms with Crippen LogP contribution in [0.15, 0.2) is 23.1 Å². The highest BCUT2D eigenvalue weighted by molar-refractivity contribution is 7.99. The third-order valence-corrected chi connectivity index (χ3v) is 5.98. The highest BCUT2D eigenvalue weighted by atomic mass is 35.5. The zero-order valence-electron chi connectivity index (χ0n) is 15.1. The average Bonchev–Trinajstić information content (AvgIpc) is 2.97. The summed E-state index contributed by atoms with van der Waals surface area (Å²) in [6.07, 6.45) is 8.34. The van der Waals surface area contributed by atoms with Gasteiger partial charge in [0.05, 0.1) is 10.7 Å². The van der Waals surface area contributed by atoms with Crippen LogP contribution in [0.3, 0.4) is 0 Å². The van der Waals surface area contributed by atoms with E-state index in [0.717, 1.165) is 23.6 Å². The number of H-pyrrole nitrogens is 1. The van der Waals surface area contributed by atoms with Gasteiger partial charge in [0.1, 0.15) is 0 Å². The van der Waals surface area contributed by atoms with E-state index >= 15 is 0 Å². The minimum Gasteiger partial charge on any atom is -0.282 e. The maximum atomic E-state index is 6.28. The van der Waals surface area contributed by atoms with Crippen LogP contribution in [0.4, 0.5) is 0 Å². The van der Waals surface area contributed by atoms with Crippen molar-refractivity contribution in [1.29, 1.82) is 0 Å². The molecule has 0 saturated carbocycles. The normalized spacial score (nSPS) is 11.2. The molecule has 2 nitrogen and oxygen atoms in total. The van der Waals surface area contributed by atoms with Crippen molar-refractivity contribution in [2.75, 3.05) is 5.75 Å². The van der Waals surface area contributed by atoms with Gasteiger partial charge in [-0.2, -0.15) is 5.10 Å². The first-order valence-electron chi connectivity index (χ1n) is 9.09. The summed E-state index contributed by atoms with van der Waals surface area (Å²) in [7, 11) is 0. The summed E-state index contributed by atoms with van der Waals surface area (Å²) in [6, 6.07) is 6.32. The Morgan fingerprint density at radius 2 is 1.88 bits per heavy atom. The van der Waals surface area contributed by atoms with Gasteiger partial charge in [-0.15, -0.1) is 11.8 Å². The van der Waals surface area contributed by atoms with Crippen molar-refractivity contribution in [3.05, 3.63) is 45.7 Å². The fraction of sp³-hybridized carbons (Fsp3) is 0.550. The Morgan fingerprint density at radius 3 is 2.58 bits per heavy atom. The highest BCUT2D eigenvalue weighted by Crippen LogP contribution is 2.28. The minimum absolute atomic E-state index is 0.888. The molecule has 0 unspecified atom stereocenters. The molecule has 0 fully saturated rings. The molecular weight excluding hydrogens is 336 g/mol. The molecule has 1 heterocycles. The van der Waals surface area contributed by atoms with Crippen molar-refractivity contribution in [2.45, 2.75) is 70.6 Å². The van der Waals surface area contributed by atoms with Gasteiger partial charge in [0.25, 0.3) is 0 Å². The zero-order chi connectivity index (χ0) is 17.4. The molecule has 1 aromatic heterocycles. The van der Waals surface area contributed by atoms with Crippen LogP contribution in [0.1, 0.15) is 62.0 Å². The van der Waals surface area contributed by atoms with E-state index in [-0.39, 0.29) is 0 Å². The molecule has 2 rings (SSSR count). The van der Waals surface area contributed by atoms with Gasteiger partial charge in [-0.25, -0.2) is 0 Å². The van der Waals surface area contributed by atoms with E-state index in [0.29, 0.717) is 0 Å². The molecule has 0 saturated heterocycles. The number of benzene rings is 1. The lowest BCUT2D eigenvalue weighted by Gasteiger charge is -2.06. The molecule has 132 valence electrons. The van der Waals surface area contributed by atoms with Crippen LogP contribution in [0.25, 0.3) is 0 Å². The number of aromatic nitrogens is 2. The SMILES string of the molecule is CCc1n[nH]c(CC)c1CCCCCCSc1ccc(C)cc1Cl. The Morgan fingerprint density at radius 1 is 1.08 bits per heavy atom. The molecule has 0 spiro atoms. The Kier molecular flexibility index (Phi) is 8.20. The highest BCUT2D eigenvalue weighted by Gasteiger charge is 2.09. The Hall–Kier alpha value is -0.930. The molecule has 24 heavy (non-hydrogen) atoms. The van der Waals surface area contributed by atoms with Crippen molar-refractivity contribution in [1.82, 2.24) is 10.2 Å². The van der Waals surface area contributed by atoms with Gasteiger partial charge >= 0.3 is 0 Å². The molecule has 1 aromatic carbocycles. The number of thioether (sulfide) groups is 1. The summed E-state index contributed by atoms with van der Waals surface area (Å²) in [5.74, 6) is 1.15. The number of rotatable bonds is 10. The molecule has 0 aliphatic heterocycles. The molecule has 0 atom stereocenters. The maximum Gasteiger partial charge on any atom is 0.0654 e. The van der Waals surface area contributed by atoms with Crippen molar-refractivity contribution in [3.63, 3.8) is 0 Å². The van der Waals surface area contributed by atoms with E-state index in [9.17, 15) is 0 Å². The molecular formula is C20H29ClN2S. The number of nitrogens with one attached hydrogen (secondary N) is 1. The lowest BCUT2D eigenvalue weighted by atomic mass is 10.0. The number of unbranched alkanes of at least 4 members (excludes halogenated alkanes) is 3. The van der Waals surface area contributed by atoms with Crippen LogP contribution >= 0.6 is 23.4 Å². The summed E-state index contributed by atoms with van der Waals surface area (Å²) in [6.45, 7) is 6.46. The van der Waals surface area contributed by atoms with Gasteiger partial charge < -0.3 is 0 Å². The first kappa shape index (κ1) is 19.4. The van der Waals surface area contributed by atoms with Crippen LogP contribution in [-0.2, 0) is 19.3 Å². The third kappa shape index (κ3) is 5.56. The van der Waals surface area contributed by atoms with Gasteiger partial charge in [-0.1, -0.05) is 44.4 Å².